The zero-order valence-corrected chi connectivity index (χ0v) is 13.3. The van der Waals surface area contributed by atoms with Gasteiger partial charge in [-0.25, -0.2) is 0 Å². The molecule has 1 N–H and O–H groups in total. The molecule has 0 aromatic carbocycles. The number of rotatable bonds is 5. The highest BCUT2D eigenvalue weighted by Crippen LogP contribution is 2.34. The number of morpholine rings is 1. The molecule has 3 nitrogen and oxygen atoms in total. The van der Waals surface area contributed by atoms with Crippen LogP contribution in [0.15, 0.2) is 11.4 Å². The first kappa shape index (κ1) is 14.5. The molecule has 1 aliphatic carbocycles. The van der Waals surface area contributed by atoms with Crippen molar-refractivity contribution in [1.29, 1.82) is 0 Å². The van der Waals surface area contributed by atoms with Crippen molar-refractivity contribution in [2.24, 2.45) is 0 Å². The van der Waals surface area contributed by atoms with Gasteiger partial charge in [-0.2, -0.15) is 0 Å². The average Bonchev–Trinajstić information content (AvgIpc) is 2.95. The third-order valence-electron chi connectivity index (χ3n) is 4.52. The van der Waals surface area contributed by atoms with Crippen LogP contribution in [0.1, 0.15) is 36.1 Å². The fourth-order valence-electron chi connectivity index (χ4n) is 3.37. The molecule has 1 aromatic heterocycles. The highest BCUT2D eigenvalue weighted by Gasteiger charge is 2.22. The van der Waals surface area contributed by atoms with Crippen LogP contribution in [0.25, 0.3) is 0 Å². The van der Waals surface area contributed by atoms with Gasteiger partial charge in [0.2, 0.25) is 0 Å². The smallest absolute Gasteiger partial charge is 0.0594 e. The summed E-state index contributed by atoms with van der Waals surface area (Å²) in [6.45, 7) is 8.56. The van der Waals surface area contributed by atoms with E-state index in [2.05, 4.69) is 28.6 Å². The van der Waals surface area contributed by atoms with Crippen molar-refractivity contribution in [3.63, 3.8) is 0 Å². The summed E-state index contributed by atoms with van der Waals surface area (Å²) in [5.74, 6) is 0.733. The van der Waals surface area contributed by atoms with E-state index in [1.54, 1.807) is 10.4 Å². The number of ether oxygens (including phenoxy) is 1. The largest absolute Gasteiger partial charge is 0.379 e. The van der Waals surface area contributed by atoms with Crippen LogP contribution in [0, 0.1) is 0 Å². The fraction of sp³-hybridized carbons (Fsp3) is 0.750. The van der Waals surface area contributed by atoms with Gasteiger partial charge >= 0.3 is 0 Å². The monoisotopic (exact) mass is 294 g/mol. The molecule has 2 aliphatic rings. The summed E-state index contributed by atoms with van der Waals surface area (Å²) < 4.78 is 5.41. The Hall–Kier alpha value is -0.420. The van der Waals surface area contributed by atoms with Crippen LogP contribution in [0.5, 0.6) is 0 Å². The molecule has 1 fully saturated rings. The molecular formula is C16H26N2OS. The highest BCUT2D eigenvalue weighted by atomic mass is 32.1. The first-order chi connectivity index (χ1) is 9.83. The maximum absolute atomic E-state index is 5.41. The summed E-state index contributed by atoms with van der Waals surface area (Å²) in [7, 11) is 0. The Bertz CT molecular complexity index is 414. The molecule has 2 heterocycles. The van der Waals surface area contributed by atoms with Crippen molar-refractivity contribution in [3.8, 4) is 0 Å². The molecule has 0 bridgehead atoms. The minimum absolute atomic E-state index is 0.567. The lowest BCUT2D eigenvalue weighted by Gasteiger charge is -2.30. The molecule has 112 valence electrons. The second kappa shape index (κ2) is 7.03. The molecule has 2 atom stereocenters. The molecule has 1 aromatic rings. The zero-order valence-electron chi connectivity index (χ0n) is 12.4. The van der Waals surface area contributed by atoms with Crippen LogP contribution in [0.3, 0.4) is 0 Å². The van der Waals surface area contributed by atoms with E-state index in [1.165, 1.54) is 19.3 Å². The van der Waals surface area contributed by atoms with Gasteiger partial charge in [-0.3, -0.25) is 4.90 Å². The van der Waals surface area contributed by atoms with Gasteiger partial charge < -0.3 is 10.1 Å². The average molecular weight is 294 g/mol. The van der Waals surface area contributed by atoms with Crippen LogP contribution >= 0.6 is 11.3 Å². The van der Waals surface area contributed by atoms with Crippen molar-refractivity contribution < 1.29 is 4.74 Å². The topological polar surface area (TPSA) is 24.5 Å². The van der Waals surface area contributed by atoms with Gasteiger partial charge in [0.05, 0.1) is 13.2 Å². The SMILES string of the molecule is CC(CN1CCOCC1)NCC1CCCc2sccc21. The van der Waals surface area contributed by atoms with E-state index in [-0.39, 0.29) is 0 Å². The van der Waals surface area contributed by atoms with Crippen molar-refractivity contribution in [3.05, 3.63) is 21.9 Å². The van der Waals surface area contributed by atoms with Crippen molar-refractivity contribution in [2.75, 3.05) is 39.4 Å². The Morgan fingerprint density at radius 2 is 2.30 bits per heavy atom. The summed E-state index contributed by atoms with van der Waals surface area (Å²) in [6, 6.07) is 2.91. The van der Waals surface area contributed by atoms with Crippen LogP contribution in [-0.2, 0) is 11.2 Å². The molecule has 2 unspecified atom stereocenters. The number of hydrogen-bond donors (Lipinski definition) is 1. The molecule has 0 amide bonds. The number of hydrogen-bond acceptors (Lipinski definition) is 4. The van der Waals surface area contributed by atoms with Gasteiger partial charge in [-0.05, 0) is 49.1 Å². The number of nitrogens with zero attached hydrogens (tertiary/aromatic N) is 1. The second-order valence-electron chi connectivity index (χ2n) is 6.11. The first-order valence-electron chi connectivity index (χ1n) is 7.92. The van der Waals surface area contributed by atoms with Gasteiger partial charge in [-0.1, -0.05) is 0 Å². The molecule has 3 rings (SSSR count). The minimum Gasteiger partial charge on any atom is -0.379 e. The molecule has 1 aliphatic heterocycles. The van der Waals surface area contributed by atoms with E-state index >= 15 is 0 Å². The standard InChI is InChI=1S/C16H26N2OS/c1-13(12-18-6-8-19-9-7-18)17-11-14-3-2-4-16-15(14)5-10-20-16/h5,10,13-14,17H,2-4,6-9,11-12H2,1H3. The maximum atomic E-state index is 5.41. The van der Waals surface area contributed by atoms with Gasteiger partial charge in [0.25, 0.3) is 0 Å². The summed E-state index contributed by atoms with van der Waals surface area (Å²) in [5.41, 5.74) is 1.62. The first-order valence-corrected chi connectivity index (χ1v) is 8.80. The van der Waals surface area contributed by atoms with Gasteiger partial charge in [0.15, 0.2) is 0 Å². The number of nitrogens with one attached hydrogen (secondary N) is 1. The Morgan fingerprint density at radius 3 is 3.15 bits per heavy atom. The third kappa shape index (κ3) is 3.61. The lowest BCUT2D eigenvalue weighted by Crippen LogP contribution is -2.45. The summed E-state index contributed by atoms with van der Waals surface area (Å²) in [5, 5.41) is 6.02. The number of thiophene rings is 1. The van der Waals surface area contributed by atoms with E-state index in [1.807, 2.05) is 11.3 Å². The number of aryl methyl sites for hydroxylation is 1. The molecule has 4 heteroatoms. The summed E-state index contributed by atoms with van der Waals surface area (Å²) in [6.07, 6.45) is 4.01. The van der Waals surface area contributed by atoms with E-state index < -0.39 is 0 Å². The van der Waals surface area contributed by atoms with Crippen LogP contribution in [0.2, 0.25) is 0 Å². The van der Waals surface area contributed by atoms with Gasteiger partial charge in [0.1, 0.15) is 0 Å². The van der Waals surface area contributed by atoms with E-state index in [0.717, 1.165) is 45.3 Å². The lowest BCUT2D eigenvalue weighted by atomic mass is 9.87. The predicted octanol–water partition coefficient (Wildman–Crippen LogP) is 2.48. The Balaban J connectivity index is 1.45. The van der Waals surface area contributed by atoms with Crippen molar-refractivity contribution in [1.82, 2.24) is 10.2 Å². The fourth-order valence-corrected chi connectivity index (χ4v) is 4.38. The van der Waals surface area contributed by atoms with Gasteiger partial charge in [-0.15, -0.1) is 11.3 Å². The van der Waals surface area contributed by atoms with Crippen LogP contribution < -0.4 is 5.32 Å². The molecule has 0 spiro atoms. The molecule has 1 saturated heterocycles. The molecular weight excluding hydrogens is 268 g/mol. The Labute approximate surface area is 126 Å². The van der Waals surface area contributed by atoms with Crippen LogP contribution in [0.4, 0.5) is 0 Å². The molecule has 0 saturated carbocycles. The summed E-state index contributed by atoms with van der Waals surface area (Å²) in [4.78, 5) is 4.14. The molecule has 20 heavy (non-hydrogen) atoms. The Kier molecular flexibility index (Phi) is 5.10. The van der Waals surface area contributed by atoms with E-state index in [4.69, 9.17) is 4.74 Å². The lowest BCUT2D eigenvalue weighted by molar-refractivity contribution is 0.0343. The Morgan fingerprint density at radius 1 is 1.45 bits per heavy atom. The zero-order chi connectivity index (χ0) is 13.8. The van der Waals surface area contributed by atoms with E-state index in [0.29, 0.717) is 6.04 Å². The highest BCUT2D eigenvalue weighted by molar-refractivity contribution is 7.10. The van der Waals surface area contributed by atoms with Crippen molar-refractivity contribution in [2.45, 2.75) is 38.1 Å². The van der Waals surface area contributed by atoms with Crippen molar-refractivity contribution >= 4 is 11.3 Å². The normalized spacial score (nSPS) is 25.4. The van der Waals surface area contributed by atoms with Crippen LogP contribution in [-0.4, -0.2) is 50.3 Å². The molecule has 0 radical (unpaired) electrons. The third-order valence-corrected chi connectivity index (χ3v) is 5.52. The second-order valence-corrected chi connectivity index (χ2v) is 7.11. The minimum atomic E-state index is 0.567. The quantitative estimate of drug-likeness (QED) is 0.903. The van der Waals surface area contributed by atoms with Gasteiger partial charge in [0, 0.05) is 37.1 Å². The summed E-state index contributed by atoms with van der Waals surface area (Å²) >= 11 is 1.94. The number of fused-ring (bicyclic) bond motifs is 1. The van der Waals surface area contributed by atoms with E-state index in [9.17, 15) is 0 Å². The maximum Gasteiger partial charge on any atom is 0.0594 e. The predicted molar refractivity (Wildman–Crippen MR) is 84.7 cm³/mol.